The highest BCUT2D eigenvalue weighted by atomic mass is 32.2. The van der Waals surface area contributed by atoms with E-state index in [0.717, 1.165) is 5.56 Å². The largest absolute Gasteiger partial charge is 0.484 e. The standard InChI is InChI=1S/C21H25N3O5S/c1-13(2)30(27,28)19-11-18-17(23(4)21(26)24(18)5)10-16(19)22-20(25)12-29-15-8-6-14(3)7-9-15/h6-11,13H,12H2,1-5H3,(H,22,25). The van der Waals surface area contributed by atoms with Crippen LogP contribution in [0, 0.1) is 6.92 Å². The maximum Gasteiger partial charge on any atom is 0.328 e. The highest BCUT2D eigenvalue weighted by molar-refractivity contribution is 7.92. The summed E-state index contributed by atoms with van der Waals surface area (Å²) in [4.78, 5) is 24.7. The third-order valence-electron chi connectivity index (χ3n) is 4.97. The molecule has 0 fully saturated rings. The third-order valence-corrected chi connectivity index (χ3v) is 7.16. The van der Waals surface area contributed by atoms with E-state index in [0.29, 0.717) is 16.8 Å². The van der Waals surface area contributed by atoms with E-state index in [1.807, 2.05) is 19.1 Å². The van der Waals surface area contributed by atoms with Gasteiger partial charge in [0.1, 0.15) is 5.75 Å². The number of anilines is 1. The summed E-state index contributed by atoms with van der Waals surface area (Å²) in [5, 5.41) is 1.93. The van der Waals surface area contributed by atoms with Crippen molar-refractivity contribution in [2.75, 3.05) is 11.9 Å². The number of aryl methyl sites for hydroxylation is 3. The number of sulfone groups is 1. The number of carbonyl (C=O) groups excluding carboxylic acids is 1. The number of imidazole rings is 1. The molecule has 0 unspecified atom stereocenters. The molecule has 0 saturated carbocycles. The predicted octanol–water partition coefficient (Wildman–Crippen LogP) is 2.39. The lowest BCUT2D eigenvalue weighted by atomic mass is 10.2. The Morgan fingerprint density at radius 1 is 1.07 bits per heavy atom. The first kappa shape index (κ1) is 21.6. The van der Waals surface area contributed by atoms with Crippen LogP contribution in [-0.2, 0) is 28.7 Å². The number of nitrogens with one attached hydrogen (secondary N) is 1. The zero-order valence-corrected chi connectivity index (χ0v) is 18.4. The molecule has 9 heteroatoms. The number of carbonyl (C=O) groups is 1. The third kappa shape index (κ3) is 3.97. The molecule has 1 N–H and O–H groups in total. The molecular formula is C21H25N3O5S. The van der Waals surface area contributed by atoms with Crippen LogP contribution in [0.1, 0.15) is 19.4 Å². The molecule has 1 amide bonds. The first-order chi connectivity index (χ1) is 14.0. The zero-order chi connectivity index (χ0) is 22.2. The summed E-state index contributed by atoms with van der Waals surface area (Å²) in [5.41, 5.74) is 1.88. The molecule has 1 aromatic heterocycles. The van der Waals surface area contributed by atoms with Gasteiger partial charge in [-0.1, -0.05) is 17.7 Å². The van der Waals surface area contributed by atoms with Crippen LogP contribution >= 0.6 is 0 Å². The van der Waals surface area contributed by atoms with Gasteiger partial charge in [-0.25, -0.2) is 13.2 Å². The molecule has 0 aliphatic rings. The molecule has 0 atom stereocenters. The first-order valence-corrected chi connectivity index (χ1v) is 11.0. The van der Waals surface area contributed by atoms with E-state index in [4.69, 9.17) is 4.74 Å². The number of aromatic nitrogens is 2. The Labute approximate surface area is 175 Å². The lowest BCUT2D eigenvalue weighted by Crippen LogP contribution is -2.23. The minimum absolute atomic E-state index is 0.0325. The molecule has 2 aromatic carbocycles. The molecule has 1 heterocycles. The van der Waals surface area contributed by atoms with Gasteiger partial charge in [0.2, 0.25) is 0 Å². The van der Waals surface area contributed by atoms with E-state index in [1.54, 1.807) is 40.1 Å². The number of benzene rings is 2. The summed E-state index contributed by atoms with van der Waals surface area (Å²) in [6, 6.07) is 10.2. The second-order valence-corrected chi connectivity index (χ2v) is 9.95. The number of fused-ring (bicyclic) bond motifs is 1. The topological polar surface area (TPSA) is 99.4 Å². The average molecular weight is 432 g/mol. The summed E-state index contributed by atoms with van der Waals surface area (Å²) in [5.74, 6) is 0.0303. The van der Waals surface area contributed by atoms with Crippen molar-refractivity contribution in [1.29, 1.82) is 0 Å². The normalized spacial score (nSPS) is 11.8. The number of hydrogen-bond donors (Lipinski definition) is 1. The summed E-state index contributed by atoms with van der Waals surface area (Å²) in [6.45, 7) is 4.79. The molecule has 0 radical (unpaired) electrons. The van der Waals surface area contributed by atoms with E-state index >= 15 is 0 Å². The minimum atomic E-state index is -3.72. The second-order valence-electron chi connectivity index (χ2n) is 7.48. The fourth-order valence-electron chi connectivity index (χ4n) is 3.08. The van der Waals surface area contributed by atoms with Crippen LogP contribution in [-0.4, -0.2) is 35.3 Å². The molecule has 3 aromatic rings. The molecule has 160 valence electrons. The number of amides is 1. The predicted molar refractivity (Wildman–Crippen MR) is 116 cm³/mol. The molecule has 0 aliphatic heterocycles. The van der Waals surface area contributed by atoms with Crippen LogP contribution in [0.15, 0.2) is 46.1 Å². The van der Waals surface area contributed by atoms with Gasteiger partial charge in [0, 0.05) is 14.1 Å². The van der Waals surface area contributed by atoms with Crippen molar-refractivity contribution in [1.82, 2.24) is 9.13 Å². The van der Waals surface area contributed by atoms with E-state index in [1.165, 1.54) is 21.3 Å². The van der Waals surface area contributed by atoms with Gasteiger partial charge in [-0.3, -0.25) is 13.9 Å². The fraction of sp³-hybridized carbons (Fsp3) is 0.333. The summed E-state index contributed by atoms with van der Waals surface area (Å²) in [6.07, 6.45) is 0. The Balaban J connectivity index is 1.98. The van der Waals surface area contributed by atoms with Crippen LogP contribution in [0.5, 0.6) is 5.75 Å². The Hall–Kier alpha value is -3.07. The van der Waals surface area contributed by atoms with Crippen molar-refractivity contribution < 1.29 is 17.9 Å². The number of rotatable bonds is 6. The van der Waals surface area contributed by atoms with Crippen LogP contribution < -0.4 is 15.7 Å². The Morgan fingerprint density at radius 3 is 2.20 bits per heavy atom. The Bertz CT molecular complexity index is 1270. The zero-order valence-electron chi connectivity index (χ0n) is 17.6. The quantitative estimate of drug-likeness (QED) is 0.646. The van der Waals surface area contributed by atoms with E-state index in [9.17, 15) is 18.0 Å². The monoisotopic (exact) mass is 431 g/mol. The fourth-order valence-corrected chi connectivity index (χ4v) is 4.28. The average Bonchev–Trinajstić information content (AvgIpc) is 2.90. The highest BCUT2D eigenvalue weighted by Crippen LogP contribution is 2.30. The van der Waals surface area contributed by atoms with Crippen LogP contribution in [0.2, 0.25) is 0 Å². The second kappa shape index (κ2) is 7.98. The molecule has 8 nitrogen and oxygen atoms in total. The molecule has 0 bridgehead atoms. The Kier molecular flexibility index (Phi) is 5.76. The summed E-state index contributed by atoms with van der Waals surface area (Å²) < 4.78 is 34.1. The number of nitrogens with zero attached hydrogens (tertiary/aromatic N) is 2. The van der Waals surface area contributed by atoms with E-state index < -0.39 is 21.0 Å². The molecular weight excluding hydrogens is 406 g/mol. The van der Waals surface area contributed by atoms with Crippen molar-refractivity contribution in [2.24, 2.45) is 14.1 Å². The van der Waals surface area contributed by atoms with Crippen LogP contribution in [0.3, 0.4) is 0 Å². The van der Waals surface area contributed by atoms with Gasteiger partial charge in [0.25, 0.3) is 5.91 Å². The van der Waals surface area contributed by atoms with Gasteiger partial charge in [-0.2, -0.15) is 0 Å². The van der Waals surface area contributed by atoms with Gasteiger partial charge < -0.3 is 10.1 Å². The lowest BCUT2D eigenvalue weighted by Gasteiger charge is -2.15. The van der Waals surface area contributed by atoms with Crippen molar-refractivity contribution in [3.8, 4) is 5.75 Å². The number of ether oxygens (including phenoxy) is 1. The summed E-state index contributed by atoms with van der Waals surface area (Å²) >= 11 is 0. The van der Waals surface area contributed by atoms with E-state index in [-0.39, 0.29) is 22.9 Å². The van der Waals surface area contributed by atoms with Crippen molar-refractivity contribution in [2.45, 2.75) is 30.9 Å². The van der Waals surface area contributed by atoms with Crippen molar-refractivity contribution in [3.05, 3.63) is 52.4 Å². The van der Waals surface area contributed by atoms with Gasteiger partial charge in [0.05, 0.1) is 26.9 Å². The molecule has 3 rings (SSSR count). The number of hydrogen-bond acceptors (Lipinski definition) is 5. The maximum absolute atomic E-state index is 12.9. The van der Waals surface area contributed by atoms with Gasteiger partial charge in [-0.05, 0) is 45.0 Å². The van der Waals surface area contributed by atoms with Crippen molar-refractivity contribution >= 4 is 32.5 Å². The molecule has 30 heavy (non-hydrogen) atoms. The van der Waals surface area contributed by atoms with Gasteiger partial charge in [0.15, 0.2) is 16.4 Å². The highest BCUT2D eigenvalue weighted by Gasteiger charge is 2.26. The van der Waals surface area contributed by atoms with Crippen LogP contribution in [0.25, 0.3) is 11.0 Å². The minimum Gasteiger partial charge on any atom is -0.484 e. The summed E-state index contributed by atoms with van der Waals surface area (Å²) in [7, 11) is -0.553. The molecule has 0 spiro atoms. The van der Waals surface area contributed by atoms with E-state index in [2.05, 4.69) is 5.32 Å². The maximum atomic E-state index is 12.9. The van der Waals surface area contributed by atoms with Gasteiger partial charge >= 0.3 is 5.69 Å². The molecule has 0 aliphatic carbocycles. The van der Waals surface area contributed by atoms with Crippen molar-refractivity contribution in [3.63, 3.8) is 0 Å². The van der Waals surface area contributed by atoms with Gasteiger partial charge in [-0.15, -0.1) is 0 Å². The Morgan fingerprint density at radius 2 is 1.63 bits per heavy atom. The lowest BCUT2D eigenvalue weighted by molar-refractivity contribution is -0.118. The molecule has 0 saturated heterocycles. The SMILES string of the molecule is Cc1ccc(OCC(=O)Nc2cc3c(cc2S(=O)(=O)C(C)C)n(C)c(=O)n3C)cc1. The smallest absolute Gasteiger partial charge is 0.328 e. The first-order valence-electron chi connectivity index (χ1n) is 9.45. The van der Waals surface area contributed by atoms with Crippen LogP contribution in [0.4, 0.5) is 5.69 Å².